The highest BCUT2D eigenvalue weighted by Gasteiger charge is 2.21. The third-order valence-electron chi connectivity index (χ3n) is 4.27. The molecule has 0 heterocycles. The van der Waals surface area contributed by atoms with Gasteiger partial charge in [0, 0.05) is 10.7 Å². The highest BCUT2D eigenvalue weighted by molar-refractivity contribution is 6.31. The third-order valence-corrected chi connectivity index (χ3v) is 4.51. The molecule has 0 aliphatic heterocycles. The van der Waals surface area contributed by atoms with Crippen molar-refractivity contribution in [2.45, 2.75) is 19.9 Å². The summed E-state index contributed by atoms with van der Waals surface area (Å²) in [6.45, 7) is 3.72. The van der Waals surface area contributed by atoms with Crippen LogP contribution < -0.4 is 15.4 Å². The van der Waals surface area contributed by atoms with E-state index in [1.54, 1.807) is 37.1 Å². The fourth-order valence-corrected chi connectivity index (χ4v) is 2.65. The Morgan fingerprint density at radius 3 is 2.52 bits per heavy atom. The van der Waals surface area contributed by atoms with Gasteiger partial charge in [0.05, 0.1) is 25.4 Å². The largest absolute Gasteiger partial charge is 0.495 e. The Kier molecular flexibility index (Phi) is 7.21. The molecule has 0 bridgehead atoms. The van der Waals surface area contributed by atoms with Crippen molar-refractivity contribution in [3.63, 3.8) is 0 Å². The molecule has 0 spiro atoms. The highest BCUT2D eigenvalue weighted by atomic mass is 35.5. The second-order valence-electron chi connectivity index (χ2n) is 6.29. The molecule has 2 aromatic carbocycles. The van der Waals surface area contributed by atoms with Crippen LogP contribution in [0.4, 0.5) is 11.4 Å². The smallest absolute Gasteiger partial charge is 0.241 e. The maximum absolute atomic E-state index is 12.5. The summed E-state index contributed by atoms with van der Waals surface area (Å²) in [6, 6.07) is 12.0. The number of halogens is 1. The molecule has 0 aliphatic carbocycles. The van der Waals surface area contributed by atoms with Gasteiger partial charge in [-0.1, -0.05) is 29.8 Å². The van der Waals surface area contributed by atoms with Gasteiger partial charge in [0.1, 0.15) is 5.75 Å². The van der Waals surface area contributed by atoms with Gasteiger partial charge in [-0.15, -0.1) is 0 Å². The first-order chi connectivity index (χ1) is 12.8. The number of likely N-dealkylation sites (N-methyl/N-ethyl adjacent to an activating group) is 1. The number of amides is 2. The van der Waals surface area contributed by atoms with Crippen LogP contribution >= 0.6 is 11.6 Å². The Hall–Kier alpha value is -2.57. The molecule has 0 radical (unpaired) electrons. The van der Waals surface area contributed by atoms with E-state index in [-0.39, 0.29) is 18.4 Å². The number of rotatable bonds is 7. The molecule has 0 saturated carbocycles. The molecule has 0 aromatic heterocycles. The van der Waals surface area contributed by atoms with Crippen LogP contribution in [0.3, 0.4) is 0 Å². The van der Waals surface area contributed by atoms with Gasteiger partial charge in [-0.25, -0.2) is 0 Å². The monoisotopic (exact) mass is 389 g/mol. The molecule has 2 rings (SSSR count). The van der Waals surface area contributed by atoms with Crippen LogP contribution in [-0.2, 0) is 9.59 Å². The van der Waals surface area contributed by atoms with E-state index < -0.39 is 6.04 Å². The van der Waals surface area contributed by atoms with E-state index in [2.05, 4.69) is 10.6 Å². The van der Waals surface area contributed by atoms with Gasteiger partial charge in [0.15, 0.2) is 0 Å². The second-order valence-corrected chi connectivity index (χ2v) is 6.72. The van der Waals surface area contributed by atoms with E-state index in [4.69, 9.17) is 16.3 Å². The summed E-state index contributed by atoms with van der Waals surface area (Å²) in [5.41, 5.74) is 2.22. The number of methoxy groups -OCH3 is 1. The van der Waals surface area contributed by atoms with Crippen LogP contribution in [0.5, 0.6) is 5.75 Å². The predicted molar refractivity (Wildman–Crippen MR) is 109 cm³/mol. The van der Waals surface area contributed by atoms with E-state index in [1.807, 2.05) is 31.2 Å². The SMILES string of the molecule is COc1ccc(Cl)cc1NC(=O)CN(C)[C@H](C)C(=O)Nc1ccccc1C. The second kappa shape index (κ2) is 9.39. The Morgan fingerprint density at radius 1 is 1.15 bits per heavy atom. The van der Waals surface area contributed by atoms with Gasteiger partial charge in [0.25, 0.3) is 0 Å². The lowest BCUT2D eigenvalue weighted by molar-refractivity contribution is -0.122. The molecule has 2 N–H and O–H groups in total. The molecule has 144 valence electrons. The van der Waals surface area contributed by atoms with E-state index in [9.17, 15) is 9.59 Å². The first-order valence-corrected chi connectivity index (χ1v) is 8.89. The summed E-state index contributed by atoms with van der Waals surface area (Å²) in [5, 5.41) is 6.14. The van der Waals surface area contributed by atoms with Gasteiger partial charge < -0.3 is 15.4 Å². The minimum atomic E-state index is -0.489. The van der Waals surface area contributed by atoms with Crippen molar-refractivity contribution in [3.05, 3.63) is 53.1 Å². The summed E-state index contributed by atoms with van der Waals surface area (Å²) >= 11 is 5.97. The molecule has 2 amide bonds. The minimum absolute atomic E-state index is 0.0397. The molecule has 0 unspecified atom stereocenters. The number of carbonyl (C=O) groups is 2. The average molecular weight is 390 g/mol. The van der Waals surface area contributed by atoms with Crippen LogP contribution in [0.2, 0.25) is 5.02 Å². The number of hydrogen-bond donors (Lipinski definition) is 2. The van der Waals surface area contributed by atoms with Crippen LogP contribution in [-0.4, -0.2) is 43.5 Å². The number of para-hydroxylation sites is 1. The quantitative estimate of drug-likeness (QED) is 0.759. The molecule has 2 aromatic rings. The van der Waals surface area contributed by atoms with Crippen molar-refractivity contribution in [1.29, 1.82) is 0 Å². The zero-order valence-corrected chi connectivity index (χ0v) is 16.6. The Morgan fingerprint density at radius 2 is 1.85 bits per heavy atom. The van der Waals surface area contributed by atoms with Crippen molar-refractivity contribution in [2.24, 2.45) is 0 Å². The zero-order valence-electron chi connectivity index (χ0n) is 15.9. The molecule has 6 nitrogen and oxygen atoms in total. The first-order valence-electron chi connectivity index (χ1n) is 8.52. The van der Waals surface area contributed by atoms with Gasteiger partial charge in [-0.2, -0.15) is 0 Å². The third kappa shape index (κ3) is 5.70. The highest BCUT2D eigenvalue weighted by Crippen LogP contribution is 2.27. The summed E-state index contributed by atoms with van der Waals surface area (Å²) in [6.07, 6.45) is 0. The number of ether oxygens (including phenoxy) is 1. The van der Waals surface area contributed by atoms with E-state index >= 15 is 0 Å². The number of anilines is 2. The number of benzene rings is 2. The van der Waals surface area contributed by atoms with E-state index in [0.717, 1.165) is 11.3 Å². The number of aryl methyl sites for hydroxylation is 1. The Balaban J connectivity index is 1.96. The first kappa shape index (κ1) is 20.7. The van der Waals surface area contributed by atoms with E-state index in [1.165, 1.54) is 7.11 Å². The number of hydrogen-bond acceptors (Lipinski definition) is 4. The number of nitrogens with zero attached hydrogens (tertiary/aromatic N) is 1. The van der Waals surface area contributed by atoms with Crippen molar-refractivity contribution in [2.75, 3.05) is 31.3 Å². The lowest BCUT2D eigenvalue weighted by Crippen LogP contribution is -2.43. The fourth-order valence-electron chi connectivity index (χ4n) is 2.48. The van der Waals surface area contributed by atoms with Crippen molar-refractivity contribution >= 4 is 34.8 Å². The molecule has 0 saturated heterocycles. The average Bonchev–Trinajstić information content (AvgIpc) is 2.63. The maximum atomic E-state index is 12.5. The number of carbonyl (C=O) groups excluding carboxylic acids is 2. The van der Waals surface area contributed by atoms with Crippen LogP contribution in [0.15, 0.2) is 42.5 Å². The van der Waals surface area contributed by atoms with Crippen molar-refractivity contribution in [1.82, 2.24) is 4.90 Å². The standard InChI is InChI=1S/C20H24ClN3O3/c1-13-7-5-6-8-16(13)23-20(26)14(2)24(3)12-19(25)22-17-11-15(21)9-10-18(17)27-4/h5-11,14H,12H2,1-4H3,(H,22,25)(H,23,26)/t14-/m1/s1. The van der Waals surface area contributed by atoms with Gasteiger partial charge in [0.2, 0.25) is 11.8 Å². The minimum Gasteiger partial charge on any atom is -0.495 e. The van der Waals surface area contributed by atoms with E-state index in [0.29, 0.717) is 16.5 Å². The lowest BCUT2D eigenvalue weighted by Gasteiger charge is -2.24. The van der Waals surface area contributed by atoms with Crippen LogP contribution in [0.1, 0.15) is 12.5 Å². The maximum Gasteiger partial charge on any atom is 0.241 e. The van der Waals surface area contributed by atoms with Gasteiger partial charge >= 0.3 is 0 Å². The zero-order chi connectivity index (χ0) is 20.0. The lowest BCUT2D eigenvalue weighted by atomic mass is 10.2. The predicted octanol–water partition coefficient (Wildman–Crippen LogP) is 3.55. The summed E-state index contributed by atoms with van der Waals surface area (Å²) in [7, 11) is 3.24. The van der Waals surface area contributed by atoms with Crippen LogP contribution in [0, 0.1) is 6.92 Å². The molecule has 0 aliphatic rings. The van der Waals surface area contributed by atoms with Crippen molar-refractivity contribution in [3.8, 4) is 5.75 Å². The summed E-state index contributed by atoms with van der Waals surface area (Å²) < 4.78 is 5.22. The molecule has 0 fully saturated rings. The van der Waals surface area contributed by atoms with Gasteiger partial charge in [-0.3, -0.25) is 14.5 Å². The molecular weight excluding hydrogens is 366 g/mol. The number of nitrogens with one attached hydrogen (secondary N) is 2. The Labute approximate surface area is 164 Å². The molecular formula is C20H24ClN3O3. The molecule has 27 heavy (non-hydrogen) atoms. The Bertz CT molecular complexity index is 826. The van der Waals surface area contributed by atoms with Gasteiger partial charge in [-0.05, 0) is 50.7 Å². The summed E-state index contributed by atoms with van der Waals surface area (Å²) in [5.74, 6) is 0.0642. The topological polar surface area (TPSA) is 70.7 Å². The van der Waals surface area contributed by atoms with Crippen molar-refractivity contribution < 1.29 is 14.3 Å². The summed E-state index contributed by atoms with van der Waals surface area (Å²) in [4.78, 5) is 26.5. The fraction of sp³-hybridized carbons (Fsp3) is 0.300. The normalized spacial score (nSPS) is 11.8. The molecule has 7 heteroatoms. The van der Waals surface area contributed by atoms with Crippen LogP contribution in [0.25, 0.3) is 0 Å². The molecule has 1 atom stereocenters.